The Bertz CT molecular complexity index is 877. The lowest BCUT2D eigenvalue weighted by molar-refractivity contribution is -0.120. The van der Waals surface area contributed by atoms with Crippen molar-refractivity contribution in [3.05, 3.63) is 35.2 Å². The number of benzene rings is 1. The van der Waals surface area contributed by atoms with Crippen LogP contribution in [-0.4, -0.2) is 42.5 Å². The van der Waals surface area contributed by atoms with E-state index >= 15 is 0 Å². The minimum atomic E-state index is -3.40. The van der Waals surface area contributed by atoms with Crippen molar-refractivity contribution in [2.75, 3.05) is 18.1 Å². The van der Waals surface area contributed by atoms with E-state index in [1.807, 2.05) is 36.6 Å². The molecule has 1 saturated heterocycles. The van der Waals surface area contributed by atoms with Crippen molar-refractivity contribution in [2.45, 2.75) is 32.2 Å². The molecule has 0 bridgehead atoms. The van der Waals surface area contributed by atoms with Gasteiger partial charge in [-0.25, -0.2) is 13.4 Å². The molecule has 25 heavy (non-hydrogen) atoms. The largest absolute Gasteiger partial charge is 0.301 e. The summed E-state index contributed by atoms with van der Waals surface area (Å²) in [6.45, 7) is 2.40. The molecule has 134 valence electrons. The molecule has 2 heterocycles. The van der Waals surface area contributed by atoms with Crippen molar-refractivity contribution in [2.24, 2.45) is 0 Å². The third-order valence-corrected chi connectivity index (χ3v) is 6.38. The Morgan fingerprint density at radius 1 is 1.32 bits per heavy atom. The SMILES string of the molecule is Cc1ccccc1-c1csc(NC(=O)[C@@H]2CCCCN2S(C)(=O)=O)n1. The molecule has 0 aliphatic carbocycles. The molecule has 0 saturated carbocycles. The van der Waals surface area contributed by atoms with Gasteiger partial charge in [0.2, 0.25) is 15.9 Å². The maximum atomic E-state index is 12.6. The molecule has 1 aromatic carbocycles. The van der Waals surface area contributed by atoms with Crippen LogP contribution in [0.15, 0.2) is 29.6 Å². The van der Waals surface area contributed by atoms with E-state index in [0.29, 0.717) is 18.1 Å². The van der Waals surface area contributed by atoms with Crippen LogP contribution in [0.3, 0.4) is 0 Å². The summed E-state index contributed by atoms with van der Waals surface area (Å²) in [6, 6.07) is 7.26. The number of anilines is 1. The standard InChI is InChI=1S/C17H21N3O3S2/c1-12-7-3-4-8-13(12)14-11-24-17(18-14)19-16(21)15-9-5-6-10-20(15)25(2,22)23/h3-4,7-8,11,15H,5-6,9-10H2,1-2H3,(H,18,19,21)/t15-/m0/s1. The fourth-order valence-electron chi connectivity index (χ4n) is 3.07. The third-order valence-electron chi connectivity index (χ3n) is 4.34. The van der Waals surface area contributed by atoms with Gasteiger partial charge in [0.05, 0.1) is 11.9 Å². The fraction of sp³-hybridized carbons (Fsp3) is 0.412. The molecule has 1 atom stereocenters. The maximum absolute atomic E-state index is 12.6. The Kier molecular flexibility index (Phi) is 5.21. The zero-order chi connectivity index (χ0) is 18.0. The lowest BCUT2D eigenvalue weighted by Gasteiger charge is -2.32. The van der Waals surface area contributed by atoms with Crippen LogP contribution in [0.4, 0.5) is 5.13 Å². The minimum Gasteiger partial charge on any atom is -0.301 e. The van der Waals surface area contributed by atoms with Crippen molar-refractivity contribution < 1.29 is 13.2 Å². The van der Waals surface area contributed by atoms with Crippen LogP contribution in [-0.2, 0) is 14.8 Å². The van der Waals surface area contributed by atoms with E-state index in [1.54, 1.807) is 0 Å². The first-order valence-corrected chi connectivity index (χ1v) is 10.9. The topological polar surface area (TPSA) is 79.4 Å². The van der Waals surface area contributed by atoms with Crippen molar-refractivity contribution in [1.29, 1.82) is 0 Å². The molecule has 1 aromatic heterocycles. The Hall–Kier alpha value is -1.77. The molecule has 0 spiro atoms. The highest BCUT2D eigenvalue weighted by atomic mass is 32.2. The summed E-state index contributed by atoms with van der Waals surface area (Å²) in [4.78, 5) is 17.1. The number of hydrogen-bond donors (Lipinski definition) is 1. The summed E-state index contributed by atoms with van der Waals surface area (Å²) in [5, 5.41) is 5.17. The van der Waals surface area contributed by atoms with Crippen LogP contribution in [0.1, 0.15) is 24.8 Å². The Balaban J connectivity index is 1.76. The maximum Gasteiger partial charge on any atom is 0.244 e. The summed E-state index contributed by atoms with van der Waals surface area (Å²) in [5.74, 6) is -0.309. The number of hydrogen-bond acceptors (Lipinski definition) is 5. The van der Waals surface area contributed by atoms with Gasteiger partial charge in [0.1, 0.15) is 6.04 Å². The van der Waals surface area contributed by atoms with E-state index in [-0.39, 0.29) is 5.91 Å². The summed E-state index contributed by atoms with van der Waals surface area (Å²) < 4.78 is 25.1. The van der Waals surface area contributed by atoms with Crippen LogP contribution < -0.4 is 5.32 Å². The van der Waals surface area contributed by atoms with Crippen LogP contribution in [0.5, 0.6) is 0 Å². The highest BCUT2D eigenvalue weighted by molar-refractivity contribution is 7.88. The molecule has 1 fully saturated rings. The van der Waals surface area contributed by atoms with Crippen LogP contribution >= 0.6 is 11.3 Å². The number of carbonyl (C=O) groups is 1. The number of aryl methyl sites for hydroxylation is 1. The number of carbonyl (C=O) groups excluding carboxylic acids is 1. The molecule has 0 radical (unpaired) electrons. The predicted octanol–water partition coefficient (Wildman–Crippen LogP) is 2.87. The van der Waals surface area contributed by atoms with Gasteiger partial charge in [0, 0.05) is 17.5 Å². The van der Waals surface area contributed by atoms with Gasteiger partial charge in [0.15, 0.2) is 5.13 Å². The second-order valence-electron chi connectivity index (χ2n) is 6.23. The molecule has 8 heteroatoms. The van der Waals surface area contributed by atoms with Gasteiger partial charge in [-0.2, -0.15) is 4.31 Å². The highest BCUT2D eigenvalue weighted by Crippen LogP contribution is 2.28. The molecule has 3 rings (SSSR count). The van der Waals surface area contributed by atoms with E-state index in [9.17, 15) is 13.2 Å². The fourth-order valence-corrected chi connectivity index (χ4v) is 4.91. The van der Waals surface area contributed by atoms with E-state index in [1.165, 1.54) is 15.6 Å². The van der Waals surface area contributed by atoms with E-state index in [2.05, 4.69) is 10.3 Å². The smallest absolute Gasteiger partial charge is 0.244 e. The Labute approximate surface area is 151 Å². The number of sulfonamides is 1. The van der Waals surface area contributed by atoms with Gasteiger partial charge in [-0.3, -0.25) is 4.79 Å². The van der Waals surface area contributed by atoms with E-state index in [4.69, 9.17) is 0 Å². The highest BCUT2D eigenvalue weighted by Gasteiger charge is 2.34. The minimum absolute atomic E-state index is 0.309. The lowest BCUT2D eigenvalue weighted by Crippen LogP contribution is -2.49. The number of nitrogens with zero attached hydrogens (tertiary/aromatic N) is 2. The van der Waals surface area contributed by atoms with Crippen LogP contribution in [0.2, 0.25) is 0 Å². The summed E-state index contributed by atoms with van der Waals surface area (Å²) in [7, 11) is -3.40. The summed E-state index contributed by atoms with van der Waals surface area (Å²) >= 11 is 1.34. The Morgan fingerprint density at radius 2 is 2.08 bits per heavy atom. The average Bonchev–Trinajstić information content (AvgIpc) is 3.02. The van der Waals surface area contributed by atoms with Gasteiger partial charge < -0.3 is 5.32 Å². The van der Waals surface area contributed by atoms with E-state index < -0.39 is 16.1 Å². The number of aromatic nitrogens is 1. The molecular weight excluding hydrogens is 358 g/mol. The molecule has 1 aliphatic rings. The molecule has 1 aliphatic heterocycles. The molecular formula is C17H21N3O3S2. The van der Waals surface area contributed by atoms with E-state index in [0.717, 1.165) is 35.9 Å². The van der Waals surface area contributed by atoms with Gasteiger partial charge in [-0.05, 0) is 25.3 Å². The van der Waals surface area contributed by atoms with Crippen molar-refractivity contribution >= 4 is 32.4 Å². The number of piperidine rings is 1. The van der Waals surface area contributed by atoms with Gasteiger partial charge in [-0.15, -0.1) is 11.3 Å². The second-order valence-corrected chi connectivity index (χ2v) is 9.02. The number of nitrogens with one attached hydrogen (secondary N) is 1. The van der Waals surface area contributed by atoms with Gasteiger partial charge in [0.25, 0.3) is 0 Å². The number of rotatable bonds is 4. The molecule has 6 nitrogen and oxygen atoms in total. The lowest BCUT2D eigenvalue weighted by atomic mass is 10.0. The van der Waals surface area contributed by atoms with Crippen molar-refractivity contribution in [3.8, 4) is 11.3 Å². The summed E-state index contributed by atoms with van der Waals surface area (Å²) in [5.41, 5.74) is 2.94. The predicted molar refractivity (Wildman–Crippen MR) is 100 cm³/mol. The van der Waals surface area contributed by atoms with Crippen molar-refractivity contribution in [3.63, 3.8) is 0 Å². The van der Waals surface area contributed by atoms with Gasteiger partial charge >= 0.3 is 0 Å². The van der Waals surface area contributed by atoms with Crippen molar-refractivity contribution in [1.82, 2.24) is 9.29 Å². The number of thiazole rings is 1. The zero-order valence-electron chi connectivity index (χ0n) is 14.2. The quantitative estimate of drug-likeness (QED) is 0.886. The van der Waals surface area contributed by atoms with Crippen LogP contribution in [0, 0.1) is 6.92 Å². The first-order valence-electron chi connectivity index (χ1n) is 8.15. The third kappa shape index (κ3) is 4.08. The van der Waals surface area contributed by atoms with Gasteiger partial charge in [-0.1, -0.05) is 30.7 Å². The first kappa shape index (κ1) is 18.0. The van der Waals surface area contributed by atoms with Crippen LogP contribution in [0.25, 0.3) is 11.3 Å². The Morgan fingerprint density at radius 3 is 2.80 bits per heavy atom. The number of amides is 1. The average molecular weight is 380 g/mol. The molecule has 1 N–H and O–H groups in total. The molecule has 0 unspecified atom stereocenters. The molecule has 1 amide bonds. The monoisotopic (exact) mass is 379 g/mol. The summed E-state index contributed by atoms with van der Waals surface area (Å²) in [6.07, 6.45) is 3.31. The zero-order valence-corrected chi connectivity index (χ0v) is 15.9. The first-order chi connectivity index (χ1) is 11.9. The normalized spacial score (nSPS) is 18.9. The second kappa shape index (κ2) is 7.23. The molecule has 2 aromatic rings.